The van der Waals surface area contributed by atoms with Crippen LogP contribution in [-0.4, -0.2) is 45.4 Å². The summed E-state index contributed by atoms with van der Waals surface area (Å²) in [5.74, 6) is -0.0367. The summed E-state index contributed by atoms with van der Waals surface area (Å²) in [5.41, 5.74) is 1.88. The molecule has 32 heavy (non-hydrogen) atoms. The van der Waals surface area contributed by atoms with Crippen LogP contribution in [0.25, 0.3) is 0 Å². The van der Waals surface area contributed by atoms with Crippen molar-refractivity contribution in [2.45, 2.75) is 24.6 Å². The van der Waals surface area contributed by atoms with E-state index in [-0.39, 0.29) is 29.9 Å². The summed E-state index contributed by atoms with van der Waals surface area (Å²) >= 11 is 2.36. The molecule has 0 unspecified atom stereocenters. The number of nitrogens with zero attached hydrogens (tertiary/aromatic N) is 4. The van der Waals surface area contributed by atoms with Crippen molar-refractivity contribution in [2.24, 2.45) is 5.92 Å². The number of anilines is 3. The van der Waals surface area contributed by atoms with Crippen LogP contribution < -0.4 is 15.5 Å². The smallest absolute Gasteiger partial charge is 0.236 e. The molecule has 0 bridgehead atoms. The summed E-state index contributed by atoms with van der Waals surface area (Å²) in [7, 11) is 0. The number of amides is 3. The minimum atomic E-state index is -0.472. The highest BCUT2D eigenvalue weighted by Gasteiger charge is 2.35. The highest BCUT2D eigenvalue weighted by molar-refractivity contribution is 8.01. The molecule has 12 heteroatoms. The molecule has 1 fully saturated rings. The summed E-state index contributed by atoms with van der Waals surface area (Å²) in [6.07, 6.45) is 0.141. The van der Waals surface area contributed by atoms with Gasteiger partial charge in [-0.15, -0.1) is 10.2 Å². The second kappa shape index (κ2) is 9.49. The Bertz CT molecular complexity index is 1140. The Morgan fingerprint density at radius 3 is 2.72 bits per heavy atom. The van der Waals surface area contributed by atoms with Crippen molar-refractivity contribution in [3.63, 3.8) is 0 Å². The Labute approximate surface area is 191 Å². The summed E-state index contributed by atoms with van der Waals surface area (Å²) in [5, 5.41) is 17.3. The van der Waals surface area contributed by atoms with Crippen molar-refractivity contribution < 1.29 is 18.9 Å². The van der Waals surface area contributed by atoms with Crippen LogP contribution in [0.4, 0.5) is 16.6 Å². The molecular formula is C20H20N6O4S2. The first-order valence-electron chi connectivity index (χ1n) is 9.75. The minimum absolute atomic E-state index is 0.0872. The highest BCUT2D eigenvalue weighted by atomic mass is 32.2. The first-order chi connectivity index (χ1) is 15.4. The molecule has 166 valence electrons. The van der Waals surface area contributed by atoms with Crippen molar-refractivity contribution in [2.75, 3.05) is 27.8 Å². The van der Waals surface area contributed by atoms with Crippen LogP contribution in [-0.2, 0) is 14.4 Å². The predicted molar refractivity (Wildman–Crippen MR) is 121 cm³/mol. The van der Waals surface area contributed by atoms with Crippen LogP contribution in [0.1, 0.15) is 17.7 Å². The normalized spacial score (nSPS) is 15.8. The molecule has 0 aliphatic carbocycles. The number of aryl methyl sites for hydroxylation is 2. The minimum Gasteiger partial charge on any atom is -0.360 e. The number of hydrogen-bond donors (Lipinski definition) is 2. The second-order valence-electron chi connectivity index (χ2n) is 7.26. The number of hydrogen-bond acceptors (Lipinski definition) is 9. The van der Waals surface area contributed by atoms with E-state index in [4.69, 9.17) is 4.52 Å². The molecule has 0 radical (unpaired) electrons. The summed E-state index contributed by atoms with van der Waals surface area (Å²) in [4.78, 5) is 38.6. The lowest BCUT2D eigenvalue weighted by molar-refractivity contribution is -0.122. The van der Waals surface area contributed by atoms with Crippen LogP contribution in [0, 0.1) is 19.8 Å². The van der Waals surface area contributed by atoms with Gasteiger partial charge >= 0.3 is 0 Å². The van der Waals surface area contributed by atoms with Gasteiger partial charge in [0.05, 0.1) is 11.7 Å². The largest absolute Gasteiger partial charge is 0.360 e. The van der Waals surface area contributed by atoms with E-state index in [1.807, 2.05) is 31.2 Å². The fourth-order valence-corrected chi connectivity index (χ4v) is 4.67. The molecular weight excluding hydrogens is 452 g/mol. The number of benzene rings is 1. The lowest BCUT2D eigenvalue weighted by Gasteiger charge is -2.16. The molecule has 1 aliphatic rings. The fourth-order valence-electron chi connectivity index (χ4n) is 3.12. The quantitative estimate of drug-likeness (QED) is 0.397. The summed E-state index contributed by atoms with van der Waals surface area (Å²) in [6.45, 7) is 4.02. The SMILES string of the molecule is Cc1ccc(N2C[C@H](C(=O)Nc3nnc(SCC(=O)Nc4cc(C)on4)s3)CC2=O)cc1. The van der Waals surface area contributed by atoms with Gasteiger partial charge in [0.1, 0.15) is 5.76 Å². The molecule has 3 aromatic rings. The van der Waals surface area contributed by atoms with E-state index in [9.17, 15) is 14.4 Å². The molecule has 10 nitrogen and oxygen atoms in total. The van der Waals surface area contributed by atoms with E-state index in [1.165, 1.54) is 23.1 Å². The monoisotopic (exact) mass is 472 g/mol. The topological polar surface area (TPSA) is 130 Å². The predicted octanol–water partition coefficient (Wildman–Crippen LogP) is 2.87. The molecule has 1 aromatic carbocycles. The van der Waals surface area contributed by atoms with Crippen LogP contribution in [0.15, 0.2) is 39.2 Å². The average molecular weight is 473 g/mol. The molecule has 3 amide bonds. The van der Waals surface area contributed by atoms with Gasteiger partial charge in [0.2, 0.25) is 22.9 Å². The van der Waals surface area contributed by atoms with Crippen LogP contribution in [0.3, 0.4) is 0 Å². The third kappa shape index (κ3) is 5.32. The number of carbonyl (C=O) groups excluding carboxylic acids is 3. The van der Waals surface area contributed by atoms with E-state index in [0.717, 1.165) is 11.3 Å². The second-order valence-corrected chi connectivity index (χ2v) is 9.46. The molecule has 2 N–H and O–H groups in total. The van der Waals surface area contributed by atoms with Crippen molar-refractivity contribution >= 4 is 57.5 Å². The number of aromatic nitrogens is 3. The van der Waals surface area contributed by atoms with Gasteiger partial charge in [-0.2, -0.15) is 0 Å². The van der Waals surface area contributed by atoms with Crippen molar-refractivity contribution in [3.05, 3.63) is 41.7 Å². The van der Waals surface area contributed by atoms with Gasteiger partial charge in [-0.25, -0.2) is 0 Å². The van der Waals surface area contributed by atoms with Crippen LogP contribution in [0.5, 0.6) is 0 Å². The number of thioether (sulfide) groups is 1. The van der Waals surface area contributed by atoms with Gasteiger partial charge in [0.25, 0.3) is 0 Å². The Morgan fingerprint density at radius 1 is 1.22 bits per heavy atom. The third-order valence-corrected chi connectivity index (χ3v) is 6.67. The van der Waals surface area contributed by atoms with Crippen LogP contribution in [0.2, 0.25) is 0 Å². The van der Waals surface area contributed by atoms with Crippen molar-refractivity contribution in [3.8, 4) is 0 Å². The van der Waals surface area contributed by atoms with Gasteiger partial charge in [-0.1, -0.05) is 46.0 Å². The molecule has 1 atom stereocenters. The van der Waals surface area contributed by atoms with E-state index in [0.29, 0.717) is 27.6 Å². The molecule has 1 aliphatic heterocycles. The van der Waals surface area contributed by atoms with E-state index in [2.05, 4.69) is 26.0 Å². The van der Waals surface area contributed by atoms with Gasteiger partial charge in [-0.05, 0) is 26.0 Å². The first kappa shape index (κ1) is 22.0. The average Bonchev–Trinajstić information content (AvgIpc) is 3.48. The van der Waals surface area contributed by atoms with Gasteiger partial charge in [0, 0.05) is 24.7 Å². The molecule has 4 rings (SSSR count). The molecule has 2 aromatic heterocycles. The zero-order valence-corrected chi connectivity index (χ0v) is 19.0. The Balaban J connectivity index is 1.27. The molecule has 3 heterocycles. The van der Waals surface area contributed by atoms with Crippen molar-refractivity contribution in [1.82, 2.24) is 15.4 Å². The maximum Gasteiger partial charge on any atom is 0.236 e. The van der Waals surface area contributed by atoms with Crippen molar-refractivity contribution in [1.29, 1.82) is 0 Å². The number of rotatable bonds is 7. The lowest BCUT2D eigenvalue weighted by Crippen LogP contribution is -2.28. The maximum absolute atomic E-state index is 12.6. The Hall–Kier alpha value is -3.25. The Kier molecular flexibility index (Phi) is 6.51. The van der Waals surface area contributed by atoms with Crippen LogP contribution >= 0.6 is 23.1 Å². The zero-order chi connectivity index (χ0) is 22.7. The molecule has 0 saturated carbocycles. The van der Waals surface area contributed by atoms with E-state index in [1.54, 1.807) is 17.9 Å². The van der Waals surface area contributed by atoms with Gasteiger partial charge in [0.15, 0.2) is 10.2 Å². The highest BCUT2D eigenvalue weighted by Crippen LogP contribution is 2.29. The summed E-state index contributed by atoms with van der Waals surface area (Å²) < 4.78 is 5.44. The summed E-state index contributed by atoms with van der Waals surface area (Å²) in [6, 6.07) is 9.24. The zero-order valence-electron chi connectivity index (χ0n) is 17.3. The number of carbonyl (C=O) groups is 3. The Morgan fingerprint density at radius 2 is 2.00 bits per heavy atom. The van der Waals surface area contributed by atoms with E-state index >= 15 is 0 Å². The molecule has 1 saturated heterocycles. The van der Waals surface area contributed by atoms with E-state index < -0.39 is 5.92 Å². The third-order valence-electron chi connectivity index (χ3n) is 4.70. The van der Waals surface area contributed by atoms with Gasteiger partial charge < -0.3 is 20.1 Å². The lowest BCUT2D eigenvalue weighted by atomic mass is 10.1. The maximum atomic E-state index is 12.6. The molecule has 0 spiro atoms. The standard InChI is InChI=1S/C20H20N6O4S2/c1-11-3-5-14(6-4-11)26-9-13(8-17(26)28)18(29)22-19-23-24-20(32-19)31-10-16(27)21-15-7-12(2)30-25-15/h3-7,13H,8-10H2,1-2H3,(H,21,25,27)(H,22,23,29)/t13-/m1/s1. The number of nitrogens with one attached hydrogen (secondary N) is 2. The van der Waals surface area contributed by atoms with Gasteiger partial charge in [-0.3, -0.25) is 14.4 Å². The first-order valence-corrected chi connectivity index (χ1v) is 11.5. The fraction of sp³-hybridized carbons (Fsp3) is 0.300.